The summed E-state index contributed by atoms with van der Waals surface area (Å²) in [5.74, 6) is -1.26. The Hall–Kier alpha value is -3.46. The molecule has 4 aliphatic carbocycles. The molecule has 10 atom stereocenters. The van der Waals surface area contributed by atoms with Gasteiger partial charge in [0.05, 0.1) is 6.26 Å². The molecule has 9 nitrogen and oxygen atoms in total. The van der Waals surface area contributed by atoms with Gasteiger partial charge < -0.3 is 23.4 Å². The third-order valence-corrected chi connectivity index (χ3v) is 12.1. The fraction of sp³-hybridized carbons (Fsp3) is 0.600. The van der Waals surface area contributed by atoms with Gasteiger partial charge in [-0.3, -0.25) is 4.79 Å². The van der Waals surface area contributed by atoms with Crippen molar-refractivity contribution in [3.63, 3.8) is 0 Å². The monoisotopic (exact) mass is 604 g/mol. The van der Waals surface area contributed by atoms with Crippen molar-refractivity contribution >= 4 is 17.9 Å². The number of rotatable bonds is 5. The zero-order valence-electron chi connectivity index (χ0n) is 25.5. The van der Waals surface area contributed by atoms with Gasteiger partial charge >= 0.3 is 23.5 Å². The zero-order chi connectivity index (χ0) is 30.9. The number of carbonyl (C=O) groups excluding carboxylic acids is 3. The van der Waals surface area contributed by atoms with Crippen molar-refractivity contribution in [3.8, 4) is 0 Å². The number of epoxide rings is 1. The van der Waals surface area contributed by atoms with Crippen molar-refractivity contribution < 1.29 is 37.7 Å². The first-order valence-corrected chi connectivity index (χ1v) is 15.9. The zero-order valence-corrected chi connectivity index (χ0v) is 25.5. The molecule has 1 saturated heterocycles. The van der Waals surface area contributed by atoms with E-state index in [4.69, 9.17) is 23.4 Å². The SMILES string of the molecule is CC(=O)O[C@H]1[C@H]2O[C@]23[C@@H]2CC[C@@H]4C[C@@H](OC(=O)C(=O)OCc5ccccc5)CC[C@]4(C)[C@H]2CC[C@]3(C)[C@H]1c1ccc(=O)oc1. The Kier molecular flexibility index (Phi) is 7.03. The predicted octanol–water partition coefficient (Wildman–Crippen LogP) is 5.09. The number of ether oxygens (including phenoxy) is 4. The summed E-state index contributed by atoms with van der Waals surface area (Å²) in [5.41, 5.74) is 0.632. The lowest BCUT2D eigenvalue weighted by molar-refractivity contribution is -0.179. The summed E-state index contributed by atoms with van der Waals surface area (Å²) >= 11 is 0. The van der Waals surface area contributed by atoms with Crippen LogP contribution in [0.2, 0.25) is 0 Å². The fourth-order valence-electron chi connectivity index (χ4n) is 10.2. The van der Waals surface area contributed by atoms with Gasteiger partial charge in [0.25, 0.3) is 0 Å². The Labute approximate surface area is 256 Å². The molecule has 1 spiro atoms. The molecule has 7 rings (SSSR count). The van der Waals surface area contributed by atoms with Crippen molar-refractivity contribution in [1.29, 1.82) is 0 Å². The van der Waals surface area contributed by atoms with Gasteiger partial charge in [0, 0.05) is 24.3 Å². The number of hydrogen-bond donors (Lipinski definition) is 0. The number of hydrogen-bond acceptors (Lipinski definition) is 9. The second-order valence-electron chi connectivity index (χ2n) is 14.1. The highest BCUT2D eigenvalue weighted by molar-refractivity contribution is 6.29. The third-order valence-electron chi connectivity index (χ3n) is 12.1. The second kappa shape index (κ2) is 10.6. The van der Waals surface area contributed by atoms with Crippen molar-refractivity contribution in [1.82, 2.24) is 0 Å². The van der Waals surface area contributed by atoms with Crippen LogP contribution in [0.5, 0.6) is 0 Å². The average Bonchev–Trinajstić information content (AvgIpc) is 3.71. The van der Waals surface area contributed by atoms with E-state index in [1.165, 1.54) is 19.3 Å². The van der Waals surface area contributed by atoms with Crippen LogP contribution < -0.4 is 5.63 Å². The molecule has 0 unspecified atom stereocenters. The van der Waals surface area contributed by atoms with Gasteiger partial charge in [-0.15, -0.1) is 0 Å². The number of benzene rings is 1. The quantitative estimate of drug-likeness (QED) is 0.199. The lowest BCUT2D eigenvalue weighted by Crippen LogP contribution is -2.58. The molecule has 5 fully saturated rings. The van der Waals surface area contributed by atoms with Crippen molar-refractivity contribution in [3.05, 3.63) is 70.3 Å². The lowest BCUT2D eigenvalue weighted by Gasteiger charge is -2.61. The van der Waals surface area contributed by atoms with Gasteiger partial charge in [-0.25, -0.2) is 14.4 Å². The summed E-state index contributed by atoms with van der Waals surface area (Å²) < 4.78 is 28.8. The lowest BCUT2D eigenvalue weighted by atomic mass is 9.44. The minimum atomic E-state index is -0.954. The Morgan fingerprint density at radius 1 is 0.909 bits per heavy atom. The van der Waals surface area contributed by atoms with E-state index in [2.05, 4.69) is 13.8 Å². The molecule has 1 aliphatic heterocycles. The molecular weight excluding hydrogens is 564 g/mol. The van der Waals surface area contributed by atoms with Crippen LogP contribution in [0.15, 0.2) is 57.9 Å². The van der Waals surface area contributed by atoms with Gasteiger partial charge in [0.2, 0.25) is 0 Å². The van der Waals surface area contributed by atoms with E-state index in [0.29, 0.717) is 24.2 Å². The van der Waals surface area contributed by atoms with Crippen LogP contribution in [0.3, 0.4) is 0 Å². The first-order valence-electron chi connectivity index (χ1n) is 15.9. The topological polar surface area (TPSA) is 122 Å². The van der Waals surface area contributed by atoms with Crippen LogP contribution in [0, 0.1) is 28.6 Å². The smallest absolute Gasteiger partial charge is 0.417 e. The molecule has 0 N–H and O–H groups in total. The molecule has 2 heterocycles. The number of esters is 3. The van der Waals surface area contributed by atoms with E-state index in [-0.39, 0.29) is 41.5 Å². The predicted molar refractivity (Wildman–Crippen MR) is 156 cm³/mol. The van der Waals surface area contributed by atoms with Crippen LogP contribution in [0.1, 0.15) is 82.8 Å². The minimum absolute atomic E-state index is 0.0326. The van der Waals surface area contributed by atoms with Crippen LogP contribution in [0.4, 0.5) is 0 Å². The molecule has 4 saturated carbocycles. The summed E-state index contributed by atoms with van der Waals surface area (Å²) in [5, 5.41) is 0. The molecule has 1 aromatic heterocycles. The van der Waals surface area contributed by atoms with E-state index in [1.807, 2.05) is 30.3 Å². The van der Waals surface area contributed by atoms with Crippen molar-refractivity contribution in [2.75, 3.05) is 0 Å². The highest BCUT2D eigenvalue weighted by Crippen LogP contribution is 2.78. The van der Waals surface area contributed by atoms with Crippen LogP contribution >= 0.6 is 0 Å². The van der Waals surface area contributed by atoms with Gasteiger partial charge in [-0.1, -0.05) is 44.2 Å². The molecule has 0 bridgehead atoms. The third kappa shape index (κ3) is 4.44. The fourth-order valence-corrected chi connectivity index (χ4v) is 10.2. The number of carbonyl (C=O) groups is 3. The molecule has 1 aromatic carbocycles. The van der Waals surface area contributed by atoms with Gasteiger partial charge in [0.1, 0.15) is 30.5 Å². The first-order chi connectivity index (χ1) is 21.1. The van der Waals surface area contributed by atoms with Crippen molar-refractivity contribution in [2.45, 2.75) is 102 Å². The highest BCUT2D eigenvalue weighted by atomic mass is 16.7. The summed E-state index contributed by atoms with van der Waals surface area (Å²) in [6.07, 6.45) is 6.77. The summed E-state index contributed by atoms with van der Waals surface area (Å²) in [6, 6.07) is 12.5. The summed E-state index contributed by atoms with van der Waals surface area (Å²) in [4.78, 5) is 49.0. The largest absolute Gasteiger partial charge is 0.459 e. The molecule has 2 aromatic rings. The second-order valence-corrected chi connectivity index (χ2v) is 14.1. The Morgan fingerprint density at radius 3 is 2.43 bits per heavy atom. The van der Waals surface area contributed by atoms with E-state index < -0.39 is 29.3 Å². The molecular formula is C35H40O9. The molecule has 234 valence electrons. The Morgan fingerprint density at radius 2 is 1.70 bits per heavy atom. The number of fused-ring (bicyclic) bond motifs is 3. The molecule has 0 amide bonds. The van der Waals surface area contributed by atoms with Crippen molar-refractivity contribution in [2.24, 2.45) is 28.6 Å². The summed E-state index contributed by atoms with van der Waals surface area (Å²) in [6.45, 7) is 6.12. The maximum Gasteiger partial charge on any atom is 0.417 e. The van der Waals surface area contributed by atoms with E-state index >= 15 is 0 Å². The Balaban J connectivity index is 1.06. The maximum atomic E-state index is 12.6. The first kappa shape index (κ1) is 29.3. The Bertz CT molecular complexity index is 1500. The molecule has 5 aliphatic rings. The highest BCUT2D eigenvalue weighted by Gasteiger charge is 2.84. The van der Waals surface area contributed by atoms with Crippen LogP contribution in [-0.4, -0.2) is 41.8 Å². The molecule has 9 heteroatoms. The standard InChI is InChI=1S/C35H40O9/c1-20(36)42-29-28(22-9-12-27(37)40-19-22)34(3)16-14-25-26(35(34)30(29)44-35)11-10-23-17-24(13-15-33(23,25)2)43-32(39)31(38)41-18-21-7-5-4-6-8-21/h4-9,12,19,23-26,28-30H,10-11,13-18H2,1-3H3/t23-,24+,25+,26-,28+,29-,30-,33+,34-,35-/m1/s1. The molecule has 44 heavy (non-hydrogen) atoms. The van der Waals surface area contributed by atoms with E-state index in [9.17, 15) is 19.2 Å². The average molecular weight is 605 g/mol. The minimum Gasteiger partial charge on any atom is -0.459 e. The van der Waals surface area contributed by atoms with E-state index in [1.54, 1.807) is 6.07 Å². The van der Waals surface area contributed by atoms with Gasteiger partial charge in [-0.2, -0.15) is 0 Å². The van der Waals surface area contributed by atoms with E-state index in [0.717, 1.165) is 49.7 Å². The maximum absolute atomic E-state index is 12.6. The normalized spacial score (nSPS) is 39.9. The van der Waals surface area contributed by atoms with Gasteiger partial charge in [-0.05, 0) is 85.3 Å². The molecule has 0 radical (unpaired) electrons. The summed E-state index contributed by atoms with van der Waals surface area (Å²) in [7, 11) is 0. The van der Waals surface area contributed by atoms with Crippen LogP contribution in [0.25, 0.3) is 0 Å². The van der Waals surface area contributed by atoms with Crippen LogP contribution in [-0.2, 0) is 39.9 Å². The van der Waals surface area contributed by atoms with Gasteiger partial charge in [0.15, 0.2) is 0 Å².